The molecule has 0 atom stereocenters. The fourth-order valence-electron chi connectivity index (χ4n) is 2.27. The van der Waals surface area contributed by atoms with Crippen molar-refractivity contribution in [3.63, 3.8) is 0 Å². The summed E-state index contributed by atoms with van der Waals surface area (Å²) in [6.07, 6.45) is 3.32. The molecular formula is C12H11BrCl2N4O2S2. The number of aromatic nitrogens is 2. The Bertz CT molecular complexity index is 808. The molecule has 124 valence electrons. The molecule has 3 heterocycles. The van der Waals surface area contributed by atoms with E-state index in [0.29, 0.717) is 40.9 Å². The highest BCUT2D eigenvalue weighted by Gasteiger charge is 2.34. The monoisotopic (exact) mass is 456 g/mol. The summed E-state index contributed by atoms with van der Waals surface area (Å²) in [5.74, 6) is 0.599. The van der Waals surface area contributed by atoms with E-state index in [1.54, 1.807) is 18.5 Å². The zero-order chi connectivity index (χ0) is 16.6. The summed E-state index contributed by atoms with van der Waals surface area (Å²) in [5.41, 5.74) is 0. The molecule has 2 aromatic heterocycles. The summed E-state index contributed by atoms with van der Waals surface area (Å²) in [7, 11) is -3.70. The van der Waals surface area contributed by atoms with Crippen molar-refractivity contribution in [3.05, 3.63) is 31.6 Å². The summed E-state index contributed by atoms with van der Waals surface area (Å²) < 4.78 is 27.8. The van der Waals surface area contributed by atoms with Crippen molar-refractivity contribution in [2.24, 2.45) is 0 Å². The van der Waals surface area contributed by atoms with Crippen LogP contribution in [0, 0.1) is 0 Å². The lowest BCUT2D eigenvalue weighted by Gasteiger charge is -2.33. The van der Waals surface area contributed by atoms with E-state index in [9.17, 15) is 8.42 Å². The fraction of sp³-hybridized carbons (Fsp3) is 0.333. The highest BCUT2D eigenvalue weighted by molar-refractivity contribution is 9.10. The Labute approximate surface area is 156 Å². The van der Waals surface area contributed by atoms with E-state index in [0.717, 1.165) is 11.3 Å². The van der Waals surface area contributed by atoms with Gasteiger partial charge in [-0.15, -0.1) is 11.3 Å². The summed E-state index contributed by atoms with van der Waals surface area (Å²) in [5, 5.41) is 0. The molecule has 0 aliphatic carbocycles. The van der Waals surface area contributed by atoms with E-state index < -0.39 is 10.0 Å². The van der Waals surface area contributed by atoms with Crippen molar-refractivity contribution < 1.29 is 8.42 Å². The second kappa shape index (κ2) is 6.81. The SMILES string of the molecule is O=S(=O)(c1c(Cl)sc(Cl)c1Br)N1CCN(c2ncccn2)CC1. The maximum absolute atomic E-state index is 12.8. The average Bonchev–Trinajstić information content (AvgIpc) is 2.81. The third-order valence-electron chi connectivity index (χ3n) is 3.40. The number of thiophene rings is 1. The number of halogens is 3. The normalized spacial score (nSPS) is 16.7. The highest BCUT2D eigenvalue weighted by atomic mass is 79.9. The summed E-state index contributed by atoms with van der Waals surface area (Å²) in [6, 6.07) is 1.74. The predicted molar refractivity (Wildman–Crippen MR) is 95.0 cm³/mol. The molecule has 2 aromatic rings. The maximum Gasteiger partial charge on any atom is 0.246 e. The van der Waals surface area contributed by atoms with Gasteiger partial charge in [0.05, 0.1) is 4.47 Å². The molecule has 0 saturated carbocycles. The smallest absolute Gasteiger partial charge is 0.246 e. The first-order valence-electron chi connectivity index (χ1n) is 6.56. The second-order valence-electron chi connectivity index (χ2n) is 4.73. The van der Waals surface area contributed by atoms with Gasteiger partial charge in [-0.25, -0.2) is 18.4 Å². The van der Waals surface area contributed by atoms with Crippen molar-refractivity contribution in [2.45, 2.75) is 4.90 Å². The lowest BCUT2D eigenvalue weighted by atomic mass is 10.4. The van der Waals surface area contributed by atoms with Crippen molar-refractivity contribution in [1.82, 2.24) is 14.3 Å². The van der Waals surface area contributed by atoms with Crippen molar-refractivity contribution in [3.8, 4) is 0 Å². The van der Waals surface area contributed by atoms with Crippen LogP contribution in [0.2, 0.25) is 8.67 Å². The molecule has 3 rings (SSSR count). The minimum Gasteiger partial charge on any atom is -0.338 e. The van der Waals surface area contributed by atoms with Crippen LogP contribution in [-0.2, 0) is 10.0 Å². The Morgan fingerprint density at radius 3 is 2.22 bits per heavy atom. The van der Waals surface area contributed by atoms with Gasteiger partial charge >= 0.3 is 0 Å². The largest absolute Gasteiger partial charge is 0.338 e. The van der Waals surface area contributed by atoms with Gasteiger partial charge in [0.25, 0.3) is 0 Å². The van der Waals surface area contributed by atoms with Crippen LogP contribution in [0.5, 0.6) is 0 Å². The molecule has 11 heteroatoms. The van der Waals surface area contributed by atoms with Gasteiger partial charge in [0.1, 0.15) is 13.6 Å². The second-order valence-corrected chi connectivity index (χ2v) is 9.63. The minimum atomic E-state index is -3.70. The number of sulfonamides is 1. The Kier molecular flexibility index (Phi) is 5.15. The zero-order valence-electron chi connectivity index (χ0n) is 11.6. The quantitative estimate of drug-likeness (QED) is 0.708. The Balaban J connectivity index is 1.79. The molecule has 0 spiro atoms. The summed E-state index contributed by atoms with van der Waals surface area (Å²) >= 11 is 16.3. The number of hydrogen-bond donors (Lipinski definition) is 0. The van der Waals surface area contributed by atoms with E-state index in [2.05, 4.69) is 25.9 Å². The number of nitrogens with zero attached hydrogens (tertiary/aromatic N) is 4. The molecule has 1 aliphatic heterocycles. The standard InChI is InChI=1S/C12H11BrCl2N4O2S2/c13-8-9(11(15)22-10(8)14)23(20,21)19-6-4-18(5-7-19)12-16-2-1-3-17-12/h1-3H,4-7H2. The third-order valence-corrected chi connectivity index (χ3v) is 8.77. The van der Waals surface area contributed by atoms with Gasteiger partial charge in [-0.1, -0.05) is 23.2 Å². The molecule has 23 heavy (non-hydrogen) atoms. The molecule has 0 aromatic carbocycles. The minimum absolute atomic E-state index is 0.0403. The summed E-state index contributed by atoms with van der Waals surface area (Å²) in [6.45, 7) is 1.68. The number of hydrogen-bond acceptors (Lipinski definition) is 6. The van der Waals surface area contributed by atoms with Gasteiger partial charge in [0.2, 0.25) is 16.0 Å². The Hall–Kier alpha value is -0.450. The van der Waals surface area contributed by atoms with Gasteiger partial charge in [-0.3, -0.25) is 0 Å². The lowest BCUT2D eigenvalue weighted by molar-refractivity contribution is 0.382. The zero-order valence-corrected chi connectivity index (χ0v) is 16.3. The molecule has 0 N–H and O–H groups in total. The van der Waals surface area contributed by atoms with E-state index in [1.807, 2.05) is 4.90 Å². The average molecular weight is 458 g/mol. The van der Waals surface area contributed by atoms with Crippen molar-refractivity contribution >= 4 is 66.4 Å². The molecule has 0 amide bonds. The van der Waals surface area contributed by atoms with Crippen LogP contribution in [0.15, 0.2) is 27.8 Å². The van der Waals surface area contributed by atoms with Crippen LogP contribution in [0.3, 0.4) is 0 Å². The molecular weight excluding hydrogens is 447 g/mol. The summed E-state index contributed by atoms with van der Waals surface area (Å²) in [4.78, 5) is 10.4. The molecule has 1 fully saturated rings. The molecule has 1 saturated heterocycles. The van der Waals surface area contributed by atoms with Crippen LogP contribution in [-0.4, -0.2) is 48.9 Å². The first-order chi connectivity index (χ1) is 10.9. The lowest BCUT2D eigenvalue weighted by Crippen LogP contribution is -2.49. The van der Waals surface area contributed by atoms with Crippen LogP contribution in [0.25, 0.3) is 0 Å². The van der Waals surface area contributed by atoms with Gasteiger partial charge in [-0.2, -0.15) is 4.31 Å². The van der Waals surface area contributed by atoms with Crippen molar-refractivity contribution in [1.29, 1.82) is 0 Å². The number of anilines is 1. The van der Waals surface area contributed by atoms with Gasteiger partial charge in [-0.05, 0) is 22.0 Å². The number of rotatable bonds is 3. The Morgan fingerprint density at radius 2 is 1.70 bits per heavy atom. The van der Waals surface area contributed by atoms with E-state index in [4.69, 9.17) is 23.2 Å². The van der Waals surface area contributed by atoms with Gasteiger partial charge in [0.15, 0.2) is 0 Å². The maximum atomic E-state index is 12.8. The highest BCUT2D eigenvalue weighted by Crippen LogP contribution is 2.44. The van der Waals surface area contributed by atoms with E-state index in [-0.39, 0.29) is 9.23 Å². The fourth-order valence-corrected chi connectivity index (χ4v) is 7.17. The van der Waals surface area contributed by atoms with Crippen LogP contribution in [0.1, 0.15) is 0 Å². The van der Waals surface area contributed by atoms with Crippen LogP contribution < -0.4 is 4.90 Å². The molecule has 6 nitrogen and oxygen atoms in total. The number of piperazine rings is 1. The van der Waals surface area contributed by atoms with Crippen LogP contribution in [0.4, 0.5) is 5.95 Å². The van der Waals surface area contributed by atoms with E-state index in [1.165, 1.54) is 4.31 Å². The van der Waals surface area contributed by atoms with E-state index >= 15 is 0 Å². The molecule has 0 bridgehead atoms. The Morgan fingerprint density at radius 1 is 1.09 bits per heavy atom. The molecule has 0 unspecified atom stereocenters. The van der Waals surface area contributed by atoms with Crippen molar-refractivity contribution in [2.75, 3.05) is 31.1 Å². The predicted octanol–water partition coefficient (Wildman–Crippen LogP) is 3.12. The topological polar surface area (TPSA) is 66.4 Å². The van der Waals surface area contributed by atoms with Crippen LogP contribution >= 0.6 is 50.5 Å². The first kappa shape index (κ1) is 17.4. The molecule has 0 radical (unpaired) electrons. The van der Waals surface area contributed by atoms with Gasteiger partial charge in [0, 0.05) is 38.6 Å². The van der Waals surface area contributed by atoms with Gasteiger partial charge < -0.3 is 4.90 Å². The molecule has 1 aliphatic rings. The third kappa shape index (κ3) is 3.35. The first-order valence-corrected chi connectivity index (χ1v) is 10.4.